The Morgan fingerprint density at radius 3 is 2.93 bits per heavy atom. The Hall–Kier alpha value is -0.900. The molecule has 1 atom stereocenters. The highest BCUT2D eigenvalue weighted by atomic mass is 79.9. The molecule has 0 saturated carbocycles. The van der Waals surface area contributed by atoms with Crippen LogP contribution in [-0.4, -0.2) is 20.9 Å². The summed E-state index contributed by atoms with van der Waals surface area (Å²) < 4.78 is 0. The molecule has 0 spiro atoms. The SMILES string of the molecule is O=C(O)C(Br)CCCc1ccccn1. The van der Waals surface area contributed by atoms with E-state index in [0.29, 0.717) is 6.42 Å². The molecule has 1 aromatic heterocycles. The van der Waals surface area contributed by atoms with E-state index in [1.807, 2.05) is 18.2 Å². The Bertz CT molecular complexity index is 289. The second-order valence-corrected chi connectivity index (χ2v) is 4.12. The number of carbonyl (C=O) groups is 1. The Morgan fingerprint density at radius 1 is 1.57 bits per heavy atom. The summed E-state index contributed by atoms with van der Waals surface area (Å²) in [5.74, 6) is -0.800. The van der Waals surface area contributed by atoms with Gasteiger partial charge in [-0.05, 0) is 31.4 Å². The minimum Gasteiger partial charge on any atom is -0.480 e. The molecular weight excluding hydrogens is 246 g/mol. The topological polar surface area (TPSA) is 50.2 Å². The summed E-state index contributed by atoms with van der Waals surface area (Å²) in [6.45, 7) is 0. The summed E-state index contributed by atoms with van der Waals surface area (Å²) in [5.41, 5.74) is 1.01. The molecular formula is C10H12BrNO2. The van der Waals surface area contributed by atoms with Crippen LogP contribution in [0.25, 0.3) is 0 Å². The maximum absolute atomic E-state index is 10.5. The first-order valence-corrected chi connectivity index (χ1v) is 5.38. The zero-order valence-electron chi connectivity index (χ0n) is 7.69. The smallest absolute Gasteiger partial charge is 0.317 e. The van der Waals surface area contributed by atoms with E-state index < -0.39 is 10.8 Å². The number of pyridine rings is 1. The van der Waals surface area contributed by atoms with Crippen LogP contribution in [0.5, 0.6) is 0 Å². The summed E-state index contributed by atoms with van der Waals surface area (Å²) in [6.07, 6.45) is 4.04. The number of hydrogen-bond donors (Lipinski definition) is 1. The van der Waals surface area contributed by atoms with Crippen LogP contribution in [0.1, 0.15) is 18.5 Å². The van der Waals surface area contributed by atoms with Gasteiger partial charge < -0.3 is 5.11 Å². The van der Waals surface area contributed by atoms with E-state index in [2.05, 4.69) is 20.9 Å². The molecule has 0 aliphatic carbocycles. The van der Waals surface area contributed by atoms with Gasteiger partial charge in [-0.25, -0.2) is 0 Å². The normalized spacial score (nSPS) is 12.4. The van der Waals surface area contributed by atoms with Crippen molar-refractivity contribution in [2.24, 2.45) is 0 Å². The number of rotatable bonds is 5. The highest BCUT2D eigenvalue weighted by Gasteiger charge is 2.11. The summed E-state index contributed by atoms with van der Waals surface area (Å²) in [7, 11) is 0. The zero-order valence-corrected chi connectivity index (χ0v) is 9.27. The number of aromatic nitrogens is 1. The molecule has 1 N–H and O–H groups in total. The molecule has 0 bridgehead atoms. The van der Waals surface area contributed by atoms with Crippen LogP contribution in [0.15, 0.2) is 24.4 Å². The van der Waals surface area contributed by atoms with Gasteiger partial charge in [0.05, 0.1) is 0 Å². The van der Waals surface area contributed by atoms with Gasteiger partial charge in [0.25, 0.3) is 0 Å². The minimum absolute atomic E-state index is 0.439. The van der Waals surface area contributed by atoms with Crippen LogP contribution >= 0.6 is 15.9 Å². The molecule has 0 saturated heterocycles. The lowest BCUT2D eigenvalue weighted by atomic mass is 10.1. The largest absolute Gasteiger partial charge is 0.480 e. The first kappa shape index (κ1) is 11.2. The van der Waals surface area contributed by atoms with Gasteiger partial charge in [-0.15, -0.1) is 0 Å². The van der Waals surface area contributed by atoms with Gasteiger partial charge in [-0.2, -0.15) is 0 Å². The number of carboxylic acids is 1. The van der Waals surface area contributed by atoms with Crippen molar-refractivity contribution in [3.8, 4) is 0 Å². The van der Waals surface area contributed by atoms with Gasteiger partial charge in [-0.3, -0.25) is 9.78 Å². The summed E-state index contributed by atoms with van der Waals surface area (Å²) in [5, 5.41) is 8.62. The molecule has 0 aromatic carbocycles. The zero-order chi connectivity index (χ0) is 10.4. The third-order valence-electron chi connectivity index (χ3n) is 1.88. The second kappa shape index (κ2) is 5.75. The molecule has 0 aliphatic heterocycles. The number of aryl methyl sites for hydroxylation is 1. The van der Waals surface area contributed by atoms with E-state index in [0.717, 1.165) is 18.5 Å². The van der Waals surface area contributed by atoms with Crippen LogP contribution in [0.2, 0.25) is 0 Å². The van der Waals surface area contributed by atoms with E-state index in [9.17, 15) is 4.79 Å². The Morgan fingerprint density at radius 2 is 2.36 bits per heavy atom. The summed E-state index contributed by atoms with van der Waals surface area (Å²) >= 11 is 3.10. The fourth-order valence-electron chi connectivity index (χ4n) is 1.13. The quantitative estimate of drug-likeness (QED) is 0.824. The monoisotopic (exact) mass is 257 g/mol. The minimum atomic E-state index is -0.800. The van der Waals surface area contributed by atoms with Gasteiger partial charge in [0.2, 0.25) is 0 Å². The van der Waals surface area contributed by atoms with Crippen LogP contribution < -0.4 is 0 Å². The molecule has 0 fully saturated rings. The maximum Gasteiger partial charge on any atom is 0.317 e. The molecule has 1 heterocycles. The van der Waals surface area contributed by atoms with Gasteiger partial charge in [0, 0.05) is 11.9 Å². The van der Waals surface area contributed by atoms with Gasteiger partial charge in [0.1, 0.15) is 4.83 Å². The second-order valence-electron chi connectivity index (χ2n) is 3.02. The average molecular weight is 258 g/mol. The van der Waals surface area contributed by atoms with E-state index in [4.69, 9.17) is 5.11 Å². The molecule has 14 heavy (non-hydrogen) atoms. The van der Waals surface area contributed by atoms with Crippen LogP contribution in [0, 0.1) is 0 Å². The van der Waals surface area contributed by atoms with Crippen LogP contribution in [0.3, 0.4) is 0 Å². The molecule has 0 aliphatic rings. The van der Waals surface area contributed by atoms with Crippen molar-refractivity contribution in [2.45, 2.75) is 24.1 Å². The van der Waals surface area contributed by atoms with E-state index in [1.54, 1.807) is 6.20 Å². The van der Waals surface area contributed by atoms with Crippen molar-refractivity contribution in [1.82, 2.24) is 4.98 Å². The number of alkyl halides is 1. The van der Waals surface area contributed by atoms with E-state index in [1.165, 1.54) is 0 Å². The van der Waals surface area contributed by atoms with Crippen LogP contribution in [-0.2, 0) is 11.2 Å². The maximum atomic E-state index is 10.5. The first-order valence-electron chi connectivity index (χ1n) is 4.47. The Kier molecular flexibility index (Phi) is 4.59. The fourth-order valence-corrected chi connectivity index (χ4v) is 1.46. The van der Waals surface area contributed by atoms with Crippen molar-refractivity contribution < 1.29 is 9.90 Å². The highest BCUT2D eigenvalue weighted by Crippen LogP contribution is 2.10. The number of halogens is 1. The number of carboxylic acid groups (broad SMARTS) is 1. The lowest BCUT2D eigenvalue weighted by Crippen LogP contribution is -2.12. The van der Waals surface area contributed by atoms with E-state index >= 15 is 0 Å². The van der Waals surface area contributed by atoms with Crippen LogP contribution in [0.4, 0.5) is 0 Å². The Balaban J connectivity index is 2.26. The van der Waals surface area contributed by atoms with Gasteiger partial charge in [-0.1, -0.05) is 22.0 Å². The van der Waals surface area contributed by atoms with Gasteiger partial charge in [0.15, 0.2) is 0 Å². The molecule has 0 amide bonds. The lowest BCUT2D eigenvalue weighted by molar-refractivity contribution is -0.136. The van der Waals surface area contributed by atoms with Crippen molar-refractivity contribution in [1.29, 1.82) is 0 Å². The molecule has 0 radical (unpaired) electrons. The number of hydrogen-bond acceptors (Lipinski definition) is 2. The molecule has 76 valence electrons. The van der Waals surface area contributed by atoms with E-state index in [-0.39, 0.29) is 0 Å². The fraction of sp³-hybridized carbons (Fsp3) is 0.400. The standard InChI is InChI=1S/C10H12BrNO2/c11-9(10(13)14)6-3-5-8-4-1-2-7-12-8/h1-2,4,7,9H,3,5-6H2,(H,13,14). The van der Waals surface area contributed by atoms with Crippen molar-refractivity contribution in [3.05, 3.63) is 30.1 Å². The predicted molar refractivity (Wildman–Crippen MR) is 57.5 cm³/mol. The first-order chi connectivity index (χ1) is 6.70. The molecule has 1 rings (SSSR count). The van der Waals surface area contributed by atoms with Crippen molar-refractivity contribution >= 4 is 21.9 Å². The molecule has 4 heteroatoms. The summed E-state index contributed by atoms with van der Waals surface area (Å²) in [6, 6.07) is 5.75. The van der Waals surface area contributed by atoms with Crippen molar-refractivity contribution in [2.75, 3.05) is 0 Å². The lowest BCUT2D eigenvalue weighted by Gasteiger charge is -2.03. The third-order valence-corrected chi connectivity index (χ3v) is 2.73. The number of nitrogens with zero attached hydrogens (tertiary/aromatic N) is 1. The number of aliphatic carboxylic acids is 1. The molecule has 3 nitrogen and oxygen atoms in total. The molecule has 1 aromatic rings. The average Bonchev–Trinajstić information content (AvgIpc) is 2.19. The van der Waals surface area contributed by atoms with Gasteiger partial charge >= 0.3 is 5.97 Å². The summed E-state index contributed by atoms with van der Waals surface area (Å²) in [4.78, 5) is 14.2. The predicted octanol–water partition coefficient (Wildman–Crippen LogP) is 2.25. The Labute approximate surface area is 91.3 Å². The molecule has 1 unspecified atom stereocenters. The third kappa shape index (κ3) is 3.87. The van der Waals surface area contributed by atoms with Crippen molar-refractivity contribution in [3.63, 3.8) is 0 Å². The highest BCUT2D eigenvalue weighted by molar-refractivity contribution is 9.10.